The molecule has 0 saturated carbocycles. The molecule has 3 nitrogen and oxygen atoms in total. The van der Waals surface area contributed by atoms with Crippen molar-refractivity contribution in [2.45, 2.75) is 20.4 Å². The van der Waals surface area contributed by atoms with E-state index in [0.29, 0.717) is 30.5 Å². The van der Waals surface area contributed by atoms with Crippen molar-refractivity contribution in [3.8, 4) is 11.5 Å². The van der Waals surface area contributed by atoms with Gasteiger partial charge in [-0.05, 0) is 48.7 Å². The molecule has 0 unspecified atom stereocenters. The molecule has 0 bridgehead atoms. The van der Waals surface area contributed by atoms with Crippen LogP contribution in [0.4, 0.5) is 5.69 Å². The second kappa shape index (κ2) is 5.86. The first kappa shape index (κ1) is 14.1. The van der Waals surface area contributed by atoms with Gasteiger partial charge in [-0.1, -0.05) is 23.7 Å². The average molecular weight is 304 g/mol. The fourth-order valence-electron chi connectivity index (χ4n) is 2.39. The lowest BCUT2D eigenvalue weighted by atomic mass is 10.1. The Balaban J connectivity index is 1.79. The summed E-state index contributed by atoms with van der Waals surface area (Å²) in [7, 11) is 0. The molecule has 1 aliphatic heterocycles. The highest BCUT2D eigenvalue weighted by Crippen LogP contribution is 2.38. The van der Waals surface area contributed by atoms with E-state index in [9.17, 15) is 0 Å². The summed E-state index contributed by atoms with van der Waals surface area (Å²) in [6.07, 6.45) is 0. The highest BCUT2D eigenvalue weighted by Gasteiger charge is 2.16. The van der Waals surface area contributed by atoms with Crippen molar-refractivity contribution in [1.82, 2.24) is 0 Å². The van der Waals surface area contributed by atoms with Crippen LogP contribution in [0.25, 0.3) is 0 Å². The molecule has 4 heteroatoms. The van der Waals surface area contributed by atoms with Crippen molar-refractivity contribution in [3.63, 3.8) is 0 Å². The van der Waals surface area contributed by atoms with E-state index in [1.165, 1.54) is 11.1 Å². The first-order valence-corrected chi connectivity index (χ1v) is 7.40. The van der Waals surface area contributed by atoms with Crippen molar-refractivity contribution < 1.29 is 9.47 Å². The quantitative estimate of drug-likeness (QED) is 0.915. The lowest BCUT2D eigenvalue weighted by Gasteiger charge is -2.20. The van der Waals surface area contributed by atoms with E-state index >= 15 is 0 Å². The minimum absolute atomic E-state index is 0.548. The summed E-state index contributed by atoms with van der Waals surface area (Å²) in [5.74, 6) is 1.38. The van der Waals surface area contributed by atoms with Gasteiger partial charge in [0, 0.05) is 12.2 Å². The van der Waals surface area contributed by atoms with Gasteiger partial charge in [0.05, 0.1) is 5.02 Å². The molecule has 21 heavy (non-hydrogen) atoms. The fourth-order valence-corrected chi connectivity index (χ4v) is 2.68. The zero-order chi connectivity index (χ0) is 14.8. The van der Waals surface area contributed by atoms with Crippen LogP contribution in [0.1, 0.15) is 16.7 Å². The summed E-state index contributed by atoms with van der Waals surface area (Å²) in [4.78, 5) is 0. The summed E-state index contributed by atoms with van der Waals surface area (Å²) in [6, 6.07) is 10.3. The third kappa shape index (κ3) is 3.08. The Kier molecular flexibility index (Phi) is 3.93. The van der Waals surface area contributed by atoms with Gasteiger partial charge in [0.25, 0.3) is 0 Å². The lowest BCUT2D eigenvalue weighted by molar-refractivity contribution is 0.171. The van der Waals surface area contributed by atoms with Gasteiger partial charge in [0.15, 0.2) is 11.5 Å². The summed E-state index contributed by atoms with van der Waals surface area (Å²) in [5.41, 5.74) is 4.68. The van der Waals surface area contributed by atoms with E-state index in [1.54, 1.807) is 0 Å². The van der Waals surface area contributed by atoms with Gasteiger partial charge >= 0.3 is 0 Å². The number of nitrogens with one attached hydrogen (secondary N) is 1. The SMILES string of the molecule is Cc1ccc(C)c(NCc2cc(Cl)c3c(c2)OCCO3)c1. The normalized spacial score (nSPS) is 13.1. The fraction of sp³-hybridized carbons (Fsp3) is 0.294. The monoisotopic (exact) mass is 303 g/mol. The molecule has 110 valence electrons. The minimum Gasteiger partial charge on any atom is -0.486 e. The molecule has 0 aromatic heterocycles. The third-order valence-corrected chi connectivity index (χ3v) is 3.81. The Bertz CT molecular complexity index is 670. The third-order valence-electron chi connectivity index (χ3n) is 3.53. The molecule has 0 saturated heterocycles. The Labute approximate surface area is 129 Å². The zero-order valence-corrected chi connectivity index (χ0v) is 13.0. The van der Waals surface area contributed by atoms with Gasteiger partial charge in [-0.3, -0.25) is 0 Å². The van der Waals surface area contributed by atoms with Crippen LogP contribution < -0.4 is 14.8 Å². The second-order valence-electron chi connectivity index (χ2n) is 5.27. The molecule has 0 fully saturated rings. The van der Waals surface area contributed by atoms with Gasteiger partial charge in [-0.2, -0.15) is 0 Å². The Morgan fingerprint density at radius 1 is 1.10 bits per heavy atom. The van der Waals surface area contributed by atoms with Crippen molar-refractivity contribution in [3.05, 3.63) is 52.0 Å². The number of anilines is 1. The van der Waals surface area contributed by atoms with Crippen molar-refractivity contribution in [1.29, 1.82) is 0 Å². The Hall–Kier alpha value is -1.87. The number of aryl methyl sites for hydroxylation is 2. The van der Waals surface area contributed by atoms with Gasteiger partial charge in [-0.25, -0.2) is 0 Å². The number of fused-ring (bicyclic) bond motifs is 1. The molecule has 1 aliphatic rings. The molecule has 0 aliphatic carbocycles. The van der Waals surface area contributed by atoms with E-state index in [4.69, 9.17) is 21.1 Å². The van der Waals surface area contributed by atoms with E-state index < -0.39 is 0 Å². The standard InChI is InChI=1S/C17H18ClNO2/c1-11-3-4-12(2)15(7-11)19-10-13-8-14(18)17-16(9-13)20-5-6-21-17/h3-4,7-9,19H,5-6,10H2,1-2H3. The summed E-state index contributed by atoms with van der Waals surface area (Å²) < 4.78 is 11.1. The largest absolute Gasteiger partial charge is 0.486 e. The smallest absolute Gasteiger partial charge is 0.179 e. The van der Waals surface area contributed by atoms with Crippen LogP contribution in [0, 0.1) is 13.8 Å². The molecule has 0 atom stereocenters. The molecule has 0 radical (unpaired) electrons. The van der Waals surface area contributed by atoms with Crippen LogP contribution in [0.15, 0.2) is 30.3 Å². The molecule has 0 amide bonds. The summed E-state index contributed by atoms with van der Waals surface area (Å²) in [5, 5.41) is 4.05. The number of hydrogen-bond donors (Lipinski definition) is 1. The molecule has 2 aromatic rings. The first-order chi connectivity index (χ1) is 10.1. The number of hydrogen-bond acceptors (Lipinski definition) is 3. The van der Waals surface area contributed by atoms with Gasteiger partial charge in [0.2, 0.25) is 0 Å². The van der Waals surface area contributed by atoms with Crippen LogP contribution >= 0.6 is 11.6 Å². The predicted octanol–water partition coefficient (Wildman–Crippen LogP) is 4.34. The summed E-state index contributed by atoms with van der Waals surface area (Å²) >= 11 is 6.25. The Morgan fingerprint density at radius 2 is 1.90 bits per heavy atom. The van der Waals surface area contributed by atoms with Crippen LogP contribution in [-0.4, -0.2) is 13.2 Å². The van der Waals surface area contributed by atoms with E-state index in [2.05, 4.69) is 37.4 Å². The minimum atomic E-state index is 0.548. The van der Waals surface area contributed by atoms with Crippen molar-refractivity contribution in [2.75, 3.05) is 18.5 Å². The maximum absolute atomic E-state index is 6.25. The zero-order valence-electron chi connectivity index (χ0n) is 12.2. The highest BCUT2D eigenvalue weighted by atomic mass is 35.5. The first-order valence-electron chi connectivity index (χ1n) is 7.02. The molecular weight excluding hydrogens is 286 g/mol. The van der Waals surface area contributed by atoms with Crippen molar-refractivity contribution in [2.24, 2.45) is 0 Å². The lowest BCUT2D eigenvalue weighted by Crippen LogP contribution is -2.16. The van der Waals surface area contributed by atoms with Crippen LogP contribution in [-0.2, 0) is 6.54 Å². The number of ether oxygens (including phenoxy) is 2. The van der Waals surface area contributed by atoms with Crippen molar-refractivity contribution >= 4 is 17.3 Å². The molecule has 2 aromatic carbocycles. The molecule has 1 heterocycles. The average Bonchev–Trinajstić information content (AvgIpc) is 2.48. The van der Waals surface area contributed by atoms with Gasteiger partial charge in [0.1, 0.15) is 13.2 Å². The molecule has 3 rings (SSSR count). The molecule has 0 spiro atoms. The van der Waals surface area contributed by atoms with Crippen LogP contribution in [0.2, 0.25) is 5.02 Å². The predicted molar refractivity (Wildman–Crippen MR) is 85.7 cm³/mol. The van der Waals surface area contributed by atoms with Crippen LogP contribution in [0.3, 0.4) is 0 Å². The summed E-state index contributed by atoms with van der Waals surface area (Å²) in [6.45, 7) is 5.99. The number of benzene rings is 2. The second-order valence-corrected chi connectivity index (χ2v) is 5.68. The van der Waals surface area contributed by atoms with Crippen LogP contribution in [0.5, 0.6) is 11.5 Å². The topological polar surface area (TPSA) is 30.5 Å². The van der Waals surface area contributed by atoms with E-state index in [0.717, 1.165) is 17.0 Å². The number of rotatable bonds is 3. The molecule has 1 N–H and O–H groups in total. The number of halogens is 1. The van der Waals surface area contributed by atoms with E-state index in [-0.39, 0.29) is 0 Å². The van der Waals surface area contributed by atoms with E-state index in [1.807, 2.05) is 12.1 Å². The highest BCUT2D eigenvalue weighted by molar-refractivity contribution is 6.32. The maximum atomic E-state index is 6.25. The van der Waals surface area contributed by atoms with Gasteiger partial charge in [-0.15, -0.1) is 0 Å². The van der Waals surface area contributed by atoms with Gasteiger partial charge < -0.3 is 14.8 Å². The molecular formula is C17H18ClNO2. The Morgan fingerprint density at radius 3 is 2.76 bits per heavy atom. The maximum Gasteiger partial charge on any atom is 0.179 e.